The van der Waals surface area contributed by atoms with E-state index in [1.807, 2.05) is 36.4 Å². The van der Waals surface area contributed by atoms with Crippen LogP contribution in [0.25, 0.3) is 0 Å². The highest BCUT2D eigenvalue weighted by Crippen LogP contribution is 2.34. The lowest BCUT2D eigenvalue weighted by atomic mass is 9.88. The van der Waals surface area contributed by atoms with Gasteiger partial charge in [0.05, 0.1) is 0 Å². The van der Waals surface area contributed by atoms with Crippen molar-refractivity contribution in [2.75, 3.05) is 6.61 Å². The monoisotopic (exact) mass is 381 g/mol. The van der Waals surface area contributed by atoms with Crippen LogP contribution in [0.4, 0.5) is 4.79 Å². The molecule has 5 nitrogen and oxygen atoms in total. The Morgan fingerprint density at radius 1 is 1.29 bits per heavy atom. The third-order valence-electron chi connectivity index (χ3n) is 5.21. The van der Waals surface area contributed by atoms with Gasteiger partial charge in [0.2, 0.25) is 0 Å². The molecular weight excluding hydrogens is 354 g/mol. The number of carbonyl (C=O) groups excluding carboxylic acids is 2. The van der Waals surface area contributed by atoms with Gasteiger partial charge in [-0.15, -0.1) is 0 Å². The molecule has 1 N–H and O–H groups in total. The summed E-state index contributed by atoms with van der Waals surface area (Å²) in [5, 5.41) is 2.77. The number of amides is 1. The van der Waals surface area contributed by atoms with Gasteiger partial charge < -0.3 is 14.8 Å². The summed E-state index contributed by atoms with van der Waals surface area (Å²) in [6.45, 7) is 6.64. The number of hydrogen-bond donors (Lipinski definition) is 1. The van der Waals surface area contributed by atoms with Crippen LogP contribution in [0.3, 0.4) is 0 Å². The highest BCUT2D eigenvalue weighted by molar-refractivity contribution is 5.91. The highest BCUT2D eigenvalue weighted by atomic mass is 16.6. The van der Waals surface area contributed by atoms with Gasteiger partial charge in [-0.1, -0.05) is 48.6 Å². The number of benzene rings is 1. The minimum atomic E-state index is -0.431. The van der Waals surface area contributed by atoms with E-state index in [4.69, 9.17) is 9.47 Å². The van der Waals surface area contributed by atoms with Gasteiger partial charge in [-0.25, -0.2) is 9.59 Å². The van der Waals surface area contributed by atoms with Gasteiger partial charge in [-0.2, -0.15) is 0 Å². The van der Waals surface area contributed by atoms with Crippen molar-refractivity contribution in [1.82, 2.24) is 5.32 Å². The first kappa shape index (κ1) is 19.9. The van der Waals surface area contributed by atoms with Gasteiger partial charge in [0.25, 0.3) is 0 Å². The van der Waals surface area contributed by atoms with Crippen LogP contribution < -0.4 is 5.32 Å². The molecule has 0 aromatic heterocycles. The zero-order chi connectivity index (χ0) is 19.9. The quantitative estimate of drug-likeness (QED) is 0.475. The number of nitrogens with one attached hydrogen (secondary N) is 1. The van der Waals surface area contributed by atoms with Crippen molar-refractivity contribution in [1.29, 1.82) is 0 Å². The second kappa shape index (κ2) is 9.40. The van der Waals surface area contributed by atoms with E-state index in [1.54, 1.807) is 0 Å². The van der Waals surface area contributed by atoms with E-state index in [0.29, 0.717) is 12.1 Å². The summed E-state index contributed by atoms with van der Waals surface area (Å²) in [7, 11) is 0. The van der Waals surface area contributed by atoms with E-state index in [2.05, 4.69) is 24.9 Å². The smallest absolute Gasteiger partial charge is 0.407 e. The van der Waals surface area contributed by atoms with Crippen molar-refractivity contribution in [3.05, 3.63) is 71.3 Å². The molecule has 5 heteroatoms. The third kappa shape index (κ3) is 5.35. The molecule has 1 amide bonds. The van der Waals surface area contributed by atoms with E-state index in [9.17, 15) is 9.59 Å². The molecule has 1 fully saturated rings. The lowest BCUT2D eigenvalue weighted by Gasteiger charge is -2.18. The summed E-state index contributed by atoms with van der Waals surface area (Å²) >= 11 is 0. The number of esters is 1. The fraction of sp³-hybridized carbons (Fsp3) is 0.391. The molecule has 2 aliphatic rings. The Hall–Kier alpha value is -2.82. The molecule has 3 rings (SSSR count). The Morgan fingerprint density at radius 3 is 2.86 bits per heavy atom. The summed E-state index contributed by atoms with van der Waals surface area (Å²) in [5.74, 6) is -0.323. The lowest BCUT2D eigenvalue weighted by Crippen LogP contribution is -2.24. The Bertz CT molecular complexity index is 794. The van der Waals surface area contributed by atoms with Gasteiger partial charge in [-0.05, 0) is 49.8 Å². The number of rotatable bonds is 4. The Morgan fingerprint density at radius 2 is 2.07 bits per heavy atom. The lowest BCUT2D eigenvalue weighted by molar-refractivity contribution is -0.137. The van der Waals surface area contributed by atoms with Gasteiger partial charge in [-0.3, -0.25) is 0 Å². The van der Waals surface area contributed by atoms with Crippen LogP contribution in [-0.4, -0.2) is 24.8 Å². The Balaban J connectivity index is 1.54. The molecule has 0 bridgehead atoms. The summed E-state index contributed by atoms with van der Waals surface area (Å²) in [6.07, 6.45) is 6.79. The summed E-state index contributed by atoms with van der Waals surface area (Å²) < 4.78 is 10.9. The maximum Gasteiger partial charge on any atom is 0.407 e. The van der Waals surface area contributed by atoms with E-state index in [0.717, 1.165) is 36.8 Å². The van der Waals surface area contributed by atoms with E-state index in [1.165, 1.54) is 5.57 Å². The predicted octanol–water partition coefficient (Wildman–Crippen LogP) is 4.46. The molecule has 0 radical (unpaired) electrons. The summed E-state index contributed by atoms with van der Waals surface area (Å²) in [5.41, 5.74) is 3.82. The first-order chi connectivity index (χ1) is 13.5. The largest absolute Gasteiger partial charge is 0.454 e. The van der Waals surface area contributed by atoms with Gasteiger partial charge in [0, 0.05) is 18.0 Å². The minimum absolute atomic E-state index is 0.0177. The average Bonchev–Trinajstić information content (AvgIpc) is 2.95. The number of ether oxygens (including phenoxy) is 2. The van der Waals surface area contributed by atoms with Crippen LogP contribution in [0, 0.1) is 5.92 Å². The van der Waals surface area contributed by atoms with Crippen molar-refractivity contribution < 1.29 is 19.1 Å². The fourth-order valence-electron chi connectivity index (χ4n) is 3.54. The Kier molecular flexibility index (Phi) is 6.69. The van der Waals surface area contributed by atoms with Crippen molar-refractivity contribution in [2.45, 2.75) is 45.3 Å². The molecule has 1 saturated heterocycles. The molecule has 0 unspecified atom stereocenters. The standard InChI is InChI=1S/C23H27NO4/c1-16-7-6-10-19(11-12-20-17(2)22(25)28-21(20)13-16)15-27-23(26)24-14-18-8-4-3-5-9-18/h3-5,8-10,13,20-21H,2,6-7,11-12,14-15H2,1H3,(H,24,26)/b16-13+,19-10+/t20-,21+/m0/s1. The molecule has 1 heterocycles. The van der Waals surface area contributed by atoms with Crippen molar-refractivity contribution in [3.8, 4) is 0 Å². The molecule has 28 heavy (non-hydrogen) atoms. The van der Waals surface area contributed by atoms with Crippen molar-refractivity contribution >= 4 is 12.1 Å². The van der Waals surface area contributed by atoms with Crippen LogP contribution in [0.5, 0.6) is 0 Å². The van der Waals surface area contributed by atoms with E-state index < -0.39 is 6.09 Å². The number of hydrogen-bond acceptors (Lipinski definition) is 4. The zero-order valence-electron chi connectivity index (χ0n) is 16.3. The fourth-order valence-corrected chi connectivity index (χ4v) is 3.54. The van der Waals surface area contributed by atoms with Crippen LogP contribution in [0.2, 0.25) is 0 Å². The van der Waals surface area contributed by atoms with Crippen LogP contribution in [0.15, 0.2) is 65.8 Å². The third-order valence-corrected chi connectivity index (χ3v) is 5.21. The molecule has 2 atom stereocenters. The van der Waals surface area contributed by atoms with Crippen LogP contribution in [0.1, 0.15) is 38.2 Å². The topological polar surface area (TPSA) is 64.6 Å². The SMILES string of the molecule is C=C1C(=O)O[C@@H]2/C=C(\C)CC/C=C(/COC(=O)NCc3ccccc3)CC[C@@H]12. The molecule has 1 aromatic rings. The molecule has 148 valence electrons. The second-order valence-corrected chi connectivity index (χ2v) is 7.37. The van der Waals surface area contributed by atoms with Crippen molar-refractivity contribution in [2.24, 2.45) is 5.92 Å². The van der Waals surface area contributed by atoms with E-state index >= 15 is 0 Å². The molecule has 1 aliphatic carbocycles. The highest BCUT2D eigenvalue weighted by Gasteiger charge is 2.37. The normalized spacial score (nSPS) is 26.2. The molecule has 0 spiro atoms. The van der Waals surface area contributed by atoms with E-state index in [-0.39, 0.29) is 24.6 Å². The predicted molar refractivity (Wildman–Crippen MR) is 107 cm³/mol. The first-order valence-corrected chi connectivity index (χ1v) is 9.72. The number of allylic oxidation sites excluding steroid dienone is 2. The Labute approximate surface area is 166 Å². The summed E-state index contributed by atoms with van der Waals surface area (Å²) in [6, 6.07) is 9.71. The number of fused-ring (bicyclic) bond motifs is 1. The zero-order valence-corrected chi connectivity index (χ0v) is 16.3. The molecule has 1 aromatic carbocycles. The average molecular weight is 381 g/mol. The van der Waals surface area contributed by atoms with Gasteiger partial charge >= 0.3 is 12.1 Å². The second-order valence-electron chi connectivity index (χ2n) is 7.37. The van der Waals surface area contributed by atoms with Gasteiger partial charge in [0.1, 0.15) is 12.7 Å². The molecule has 1 aliphatic heterocycles. The first-order valence-electron chi connectivity index (χ1n) is 9.72. The molecular formula is C23H27NO4. The minimum Gasteiger partial charge on any atom is -0.454 e. The van der Waals surface area contributed by atoms with Crippen LogP contribution in [-0.2, 0) is 20.8 Å². The number of carbonyl (C=O) groups is 2. The van der Waals surface area contributed by atoms with Crippen molar-refractivity contribution in [3.63, 3.8) is 0 Å². The number of alkyl carbamates (subject to hydrolysis) is 1. The van der Waals surface area contributed by atoms with Crippen LogP contribution >= 0.6 is 0 Å². The summed E-state index contributed by atoms with van der Waals surface area (Å²) in [4.78, 5) is 23.9. The molecule has 0 saturated carbocycles. The maximum atomic E-state index is 12.0. The van der Waals surface area contributed by atoms with Gasteiger partial charge in [0.15, 0.2) is 0 Å². The maximum absolute atomic E-state index is 12.0.